The van der Waals surface area contributed by atoms with Crippen LogP contribution >= 0.6 is 0 Å². The smallest absolute Gasteiger partial charge is 0.0622 e. The van der Waals surface area contributed by atoms with Crippen LogP contribution in [0.2, 0.25) is 0 Å². The molecule has 114 heavy (non-hydrogen) atoms. The number of nitrogens with zero attached hydrogens (tertiary/aromatic N) is 4. The summed E-state index contributed by atoms with van der Waals surface area (Å²) in [6.45, 7) is 9.54. The highest BCUT2D eigenvalue weighted by Crippen LogP contribution is 2.56. The number of rotatable bonds is 8. The number of fused-ring (bicyclic) bond motifs is 22. The lowest BCUT2D eigenvalue weighted by Crippen LogP contribution is -2.16. The first-order valence-electron chi connectivity index (χ1n) is 39.9. The fourth-order valence-corrected chi connectivity index (χ4v) is 20.0. The fraction of sp³-hybridized carbons (Fsp3) is 0.0545. The van der Waals surface area contributed by atoms with Crippen molar-refractivity contribution in [1.29, 1.82) is 0 Å². The van der Waals surface area contributed by atoms with Gasteiger partial charge in [-0.2, -0.15) is 0 Å². The predicted molar refractivity (Wildman–Crippen MR) is 482 cm³/mol. The molecule has 0 aliphatic heterocycles. The van der Waals surface area contributed by atoms with Crippen LogP contribution in [0.4, 0.5) is 0 Å². The number of benzene rings is 18. The van der Waals surface area contributed by atoms with Crippen LogP contribution < -0.4 is 0 Å². The van der Waals surface area contributed by atoms with Crippen molar-refractivity contribution in [1.82, 2.24) is 18.3 Å². The van der Waals surface area contributed by atoms with Gasteiger partial charge >= 0.3 is 0 Å². The molecule has 24 rings (SSSR count). The SMILES string of the molecule is CC1(C)c2ccccc2-c2c1ccc1c3cc(-c4ccc5c(c4)c4ccccc4n5-c4ccc5ccccc5c4)ccc3n(-c3cccc(-c4ccccc4)c3)c21.CC1(C)c2ccccc2-c2ccc3c4cc(-c5ccc6c(c5)c5ccccc5n6-c5ccc6ccccc6c5)ccc4n(-c4cccc(-c5ccccc5)c4)c3c21. The van der Waals surface area contributed by atoms with Gasteiger partial charge in [0.05, 0.1) is 44.1 Å². The molecule has 2 aliphatic rings. The van der Waals surface area contributed by atoms with Crippen LogP contribution in [0.5, 0.6) is 0 Å². The summed E-state index contributed by atoms with van der Waals surface area (Å²) in [7, 11) is 0. The van der Waals surface area contributed by atoms with Gasteiger partial charge in [-0.15, -0.1) is 0 Å². The van der Waals surface area contributed by atoms with Gasteiger partial charge in [-0.1, -0.05) is 307 Å². The van der Waals surface area contributed by atoms with Crippen LogP contribution in [0.3, 0.4) is 0 Å². The monoisotopic (exact) mass is 1450 g/mol. The third-order valence-electron chi connectivity index (χ3n) is 25.3. The lowest BCUT2D eigenvalue weighted by Gasteiger charge is -2.23. The zero-order valence-corrected chi connectivity index (χ0v) is 63.7. The van der Waals surface area contributed by atoms with E-state index in [1.807, 2.05) is 0 Å². The summed E-state index contributed by atoms with van der Waals surface area (Å²) < 4.78 is 9.90. The van der Waals surface area contributed by atoms with E-state index >= 15 is 0 Å². The Morgan fingerprint density at radius 3 is 1.07 bits per heavy atom. The molecular formula is C110H76N4. The minimum atomic E-state index is -0.165. The van der Waals surface area contributed by atoms with Gasteiger partial charge < -0.3 is 18.3 Å². The van der Waals surface area contributed by atoms with E-state index in [2.05, 4.69) is 434 Å². The summed E-state index contributed by atoms with van der Waals surface area (Å²) in [5.41, 5.74) is 34.9. The first-order valence-corrected chi connectivity index (χ1v) is 39.9. The van der Waals surface area contributed by atoms with E-state index in [-0.39, 0.29) is 10.8 Å². The number of para-hydroxylation sites is 2. The molecule has 2 aliphatic carbocycles. The molecule has 4 heterocycles. The highest BCUT2D eigenvalue weighted by atomic mass is 15.0. The Bertz CT molecular complexity index is 7780. The molecule has 0 fully saturated rings. The van der Waals surface area contributed by atoms with Crippen molar-refractivity contribution in [2.45, 2.75) is 38.5 Å². The van der Waals surface area contributed by atoms with Crippen LogP contribution in [0.25, 0.3) is 198 Å². The largest absolute Gasteiger partial charge is 0.309 e. The van der Waals surface area contributed by atoms with Gasteiger partial charge in [0.1, 0.15) is 0 Å². The summed E-state index contributed by atoms with van der Waals surface area (Å²) in [4.78, 5) is 0. The highest BCUT2D eigenvalue weighted by Gasteiger charge is 2.40. The van der Waals surface area contributed by atoms with E-state index in [1.165, 1.54) is 221 Å². The van der Waals surface area contributed by atoms with E-state index in [0.717, 1.165) is 0 Å². The second-order valence-corrected chi connectivity index (χ2v) is 32.3. The number of hydrogen-bond donors (Lipinski definition) is 0. The van der Waals surface area contributed by atoms with Crippen molar-refractivity contribution in [3.05, 3.63) is 411 Å². The second-order valence-electron chi connectivity index (χ2n) is 32.3. The molecule has 0 amide bonds. The van der Waals surface area contributed by atoms with E-state index < -0.39 is 0 Å². The van der Waals surface area contributed by atoms with Crippen LogP contribution in [0.1, 0.15) is 49.9 Å². The Balaban J connectivity index is 0.000000135. The first kappa shape index (κ1) is 65.6. The molecule has 4 aromatic heterocycles. The van der Waals surface area contributed by atoms with E-state index in [1.54, 1.807) is 0 Å². The van der Waals surface area contributed by atoms with Gasteiger partial charge in [-0.3, -0.25) is 0 Å². The molecule has 0 bridgehead atoms. The maximum atomic E-state index is 2.54. The Morgan fingerprint density at radius 1 is 0.184 bits per heavy atom. The number of hydrogen-bond acceptors (Lipinski definition) is 0. The van der Waals surface area contributed by atoms with Crippen LogP contribution in [-0.2, 0) is 10.8 Å². The molecule has 18 aromatic carbocycles. The first-order chi connectivity index (χ1) is 56.1. The summed E-state index contributed by atoms with van der Waals surface area (Å²) in [6, 6.07) is 144. The molecule has 0 N–H and O–H groups in total. The molecule has 22 aromatic rings. The predicted octanol–water partition coefficient (Wildman–Crippen LogP) is 29.3. The summed E-state index contributed by atoms with van der Waals surface area (Å²) in [5, 5.41) is 15.1. The van der Waals surface area contributed by atoms with Crippen molar-refractivity contribution in [3.63, 3.8) is 0 Å². The van der Waals surface area contributed by atoms with E-state index in [9.17, 15) is 0 Å². The van der Waals surface area contributed by atoms with Gasteiger partial charge in [-0.05, 0) is 214 Å². The van der Waals surface area contributed by atoms with Crippen molar-refractivity contribution < 1.29 is 0 Å². The van der Waals surface area contributed by atoms with Gasteiger partial charge in [0, 0.05) is 82.2 Å². The minimum Gasteiger partial charge on any atom is -0.309 e. The standard InChI is InChI=1S/2C55H38N2/c1-55(2)48-21-10-8-20-45(48)53-49(55)28-27-44-47-34-40(25-30-52(47)57(54(44)53)41-18-12-17-38(31-41)35-13-4-3-5-14-35)39-24-29-51-46(33-39)43-19-9-11-22-50(43)56(51)42-26-23-36-15-6-7-16-37(36)32-42;1-55(2)49-21-10-8-19-43(49)45-27-28-46-48-34-40(25-30-52(48)57(54(46)53(45)55)41-18-12-17-38(31-41)35-13-4-3-5-14-35)39-24-29-51-47(33-39)44-20-9-11-22-50(44)56(51)42-26-23-36-15-6-7-16-37(36)32-42/h2*3-34H,1-2H3. The highest BCUT2D eigenvalue weighted by molar-refractivity contribution is 6.19. The van der Waals surface area contributed by atoms with Crippen LogP contribution in [0.15, 0.2) is 388 Å². The molecule has 0 saturated heterocycles. The average molecular weight is 1450 g/mol. The molecule has 0 unspecified atom stereocenters. The fourth-order valence-electron chi connectivity index (χ4n) is 20.0. The zero-order valence-electron chi connectivity index (χ0n) is 63.7. The minimum absolute atomic E-state index is 0.0973. The van der Waals surface area contributed by atoms with E-state index in [0.29, 0.717) is 0 Å². The van der Waals surface area contributed by atoms with Gasteiger partial charge in [0.2, 0.25) is 0 Å². The molecule has 0 spiro atoms. The average Bonchev–Trinajstić information content (AvgIpc) is 1.53. The topological polar surface area (TPSA) is 19.7 Å². The maximum Gasteiger partial charge on any atom is 0.0622 e. The number of aromatic nitrogens is 4. The second kappa shape index (κ2) is 25.1. The third-order valence-corrected chi connectivity index (χ3v) is 25.3. The van der Waals surface area contributed by atoms with Crippen LogP contribution in [0, 0.1) is 0 Å². The van der Waals surface area contributed by atoms with Crippen molar-refractivity contribution in [3.8, 4) is 89.5 Å². The quantitative estimate of drug-likeness (QED) is 0.144. The summed E-state index contributed by atoms with van der Waals surface area (Å²) >= 11 is 0. The lowest BCUT2D eigenvalue weighted by molar-refractivity contribution is 0.661. The van der Waals surface area contributed by atoms with E-state index in [4.69, 9.17) is 0 Å². The van der Waals surface area contributed by atoms with Gasteiger partial charge in [0.25, 0.3) is 0 Å². The molecule has 0 atom stereocenters. The van der Waals surface area contributed by atoms with Crippen molar-refractivity contribution in [2.75, 3.05) is 0 Å². The van der Waals surface area contributed by atoms with Crippen LogP contribution in [-0.4, -0.2) is 18.3 Å². The Hall–Kier alpha value is -14.3. The summed E-state index contributed by atoms with van der Waals surface area (Å²) in [6.07, 6.45) is 0. The molecule has 0 radical (unpaired) electrons. The normalized spacial score (nSPS) is 13.2. The zero-order chi connectivity index (χ0) is 75.7. The van der Waals surface area contributed by atoms with Crippen molar-refractivity contribution in [2.24, 2.45) is 0 Å². The van der Waals surface area contributed by atoms with Gasteiger partial charge in [-0.25, -0.2) is 0 Å². The molecule has 4 heteroatoms. The Kier molecular flexibility index (Phi) is 14.4. The molecular weight excluding hydrogens is 1380 g/mol. The molecule has 536 valence electrons. The van der Waals surface area contributed by atoms with Gasteiger partial charge in [0.15, 0.2) is 0 Å². The third kappa shape index (κ3) is 9.90. The maximum absolute atomic E-state index is 2.54. The lowest BCUT2D eigenvalue weighted by atomic mass is 9.81. The Morgan fingerprint density at radius 2 is 0.553 bits per heavy atom. The molecule has 0 saturated carbocycles. The Labute approximate surface area is 661 Å². The summed E-state index contributed by atoms with van der Waals surface area (Å²) in [5.74, 6) is 0. The van der Waals surface area contributed by atoms with Crippen molar-refractivity contribution >= 4 is 109 Å². The molecule has 4 nitrogen and oxygen atoms in total.